The van der Waals surface area contributed by atoms with E-state index >= 15 is 0 Å². The third-order valence-corrected chi connectivity index (χ3v) is 1.66. The highest BCUT2D eigenvalue weighted by Gasteiger charge is 2.22. The first-order valence-electron chi connectivity index (χ1n) is 3.24. The molecular weight excluding hydrogens is 116 g/mol. The predicted molar refractivity (Wildman–Crippen MR) is 34.7 cm³/mol. The summed E-state index contributed by atoms with van der Waals surface area (Å²) in [6.07, 6.45) is 4.62. The maximum Gasteiger partial charge on any atom is 0.182 e. The molecule has 0 unspecified atom stereocenters. The lowest BCUT2D eigenvalue weighted by molar-refractivity contribution is -0.128. The molecule has 0 saturated heterocycles. The Balaban J connectivity index is 2.58. The number of hydrogen-bond donors (Lipinski definition) is 2. The quantitative estimate of drug-likeness (QED) is 0.371. The molecule has 1 aliphatic carbocycles. The van der Waals surface area contributed by atoms with Gasteiger partial charge < -0.3 is 10.2 Å². The second-order valence-corrected chi connectivity index (χ2v) is 2.75. The van der Waals surface area contributed by atoms with Gasteiger partial charge >= 0.3 is 0 Å². The molecule has 0 aromatic carbocycles. The fraction of sp³-hybridized carbons (Fsp3) is 0.714. The summed E-state index contributed by atoms with van der Waals surface area (Å²) in [6.45, 7) is 2.06. The molecule has 0 bridgehead atoms. The van der Waals surface area contributed by atoms with E-state index in [2.05, 4.69) is 6.92 Å². The molecule has 0 aromatic rings. The van der Waals surface area contributed by atoms with E-state index in [4.69, 9.17) is 10.2 Å². The Bertz CT molecular complexity index is 127. The third-order valence-electron chi connectivity index (χ3n) is 1.66. The Morgan fingerprint density at radius 3 is 2.56 bits per heavy atom. The number of hydrogen-bond acceptors (Lipinski definition) is 2. The van der Waals surface area contributed by atoms with Gasteiger partial charge in [-0.15, -0.1) is 0 Å². The molecule has 0 spiro atoms. The fourth-order valence-electron chi connectivity index (χ4n) is 0.938. The average Bonchev–Trinajstić information content (AvgIpc) is 1.78. The highest BCUT2D eigenvalue weighted by molar-refractivity contribution is 5.00. The van der Waals surface area contributed by atoms with E-state index < -0.39 is 5.79 Å². The largest absolute Gasteiger partial charge is 0.362 e. The van der Waals surface area contributed by atoms with Crippen molar-refractivity contribution in [1.82, 2.24) is 0 Å². The molecule has 52 valence electrons. The summed E-state index contributed by atoms with van der Waals surface area (Å²) < 4.78 is 0. The van der Waals surface area contributed by atoms with Crippen LogP contribution in [0.25, 0.3) is 0 Å². The van der Waals surface area contributed by atoms with E-state index in [9.17, 15) is 0 Å². The van der Waals surface area contributed by atoms with Crippen molar-refractivity contribution in [3.05, 3.63) is 12.2 Å². The van der Waals surface area contributed by atoms with Gasteiger partial charge in [0, 0.05) is 6.42 Å². The van der Waals surface area contributed by atoms with Crippen molar-refractivity contribution in [2.24, 2.45) is 5.92 Å². The van der Waals surface area contributed by atoms with Crippen molar-refractivity contribution < 1.29 is 10.2 Å². The van der Waals surface area contributed by atoms with Gasteiger partial charge in [-0.1, -0.05) is 13.0 Å². The Morgan fingerprint density at radius 1 is 1.56 bits per heavy atom. The number of aliphatic hydroxyl groups is 2. The summed E-state index contributed by atoms with van der Waals surface area (Å²) in [5.41, 5.74) is 0. The zero-order chi connectivity index (χ0) is 6.91. The van der Waals surface area contributed by atoms with Crippen molar-refractivity contribution in [2.45, 2.75) is 25.6 Å². The highest BCUT2D eigenvalue weighted by atomic mass is 16.5. The summed E-state index contributed by atoms with van der Waals surface area (Å²) in [5, 5.41) is 17.9. The van der Waals surface area contributed by atoms with E-state index in [1.165, 1.54) is 6.08 Å². The van der Waals surface area contributed by atoms with Crippen LogP contribution in [0.1, 0.15) is 19.8 Å². The molecule has 0 aliphatic heterocycles. The summed E-state index contributed by atoms with van der Waals surface area (Å²) in [4.78, 5) is 0. The Labute approximate surface area is 54.8 Å². The minimum absolute atomic E-state index is 0.463. The van der Waals surface area contributed by atoms with Gasteiger partial charge in [0.05, 0.1) is 0 Å². The van der Waals surface area contributed by atoms with Crippen molar-refractivity contribution in [3.8, 4) is 0 Å². The number of rotatable bonds is 0. The lowest BCUT2D eigenvalue weighted by Crippen LogP contribution is -2.28. The van der Waals surface area contributed by atoms with Crippen LogP contribution in [-0.2, 0) is 0 Å². The summed E-state index contributed by atoms with van der Waals surface area (Å²) >= 11 is 0. The molecule has 1 atom stereocenters. The lowest BCUT2D eigenvalue weighted by atomic mass is 9.94. The molecule has 0 saturated carbocycles. The Morgan fingerprint density at radius 2 is 2.22 bits per heavy atom. The maximum atomic E-state index is 8.96. The monoisotopic (exact) mass is 128 g/mol. The molecule has 0 amide bonds. The molecule has 0 aromatic heterocycles. The summed E-state index contributed by atoms with van der Waals surface area (Å²) in [5.74, 6) is -1.02. The molecule has 2 N–H and O–H groups in total. The maximum absolute atomic E-state index is 8.96. The van der Waals surface area contributed by atoms with Crippen LogP contribution in [0.3, 0.4) is 0 Å². The van der Waals surface area contributed by atoms with E-state index in [0.29, 0.717) is 12.3 Å². The zero-order valence-corrected chi connectivity index (χ0v) is 5.54. The van der Waals surface area contributed by atoms with Crippen LogP contribution in [0.2, 0.25) is 0 Å². The van der Waals surface area contributed by atoms with E-state index in [0.717, 1.165) is 6.42 Å². The predicted octanol–water partition coefficient (Wildman–Crippen LogP) is 0.653. The highest BCUT2D eigenvalue weighted by Crippen LogP contribution is 2.22. The molecule has 1 aliphatic rings. The van der Waals surface area contributed by atoms with E-state index in [1.54, 1.807) is 0 Å². The average molecular weight is 128 g/mol. The third kappa shape index (κ3) is 1.80. The second-order valence-electron chi connectivity index (χ2n) is 2.75. The first-order chi connectivity index (χ1) is 4.10. The van der Waals surface area contributed by atoms with Gasteiger partial charge in [-0.25, -0.2) is 0 Å². The van der Waals surface area contributed by atoms with Crippen LogP contribution in [0.4, 0.5) is 0 Å². The van der Waals surface area contributed by atoms with Crippen LogP contribution in [0.5, 0.6) is 0 Å². The lowest BCUT2D eigenvalue weighted by Gasteiger charge is -2.23. The van der Waals surface area contributed by atoms with Gasteiger partial charge in [-0.2, -0.15) is 0 Å². The normalized spacial score (nSPS) is 32.6. The topological polar surface area (TPSA) is 40.5 Å². The van der Waals surface area contributed by atoms with Crippen molar-refractivity contribution in [1.29, 1.82) is 0 Å². The minimum atomic E-state index is -1.52. The van der Waals surface area contributed by atoms with Gasteiger partial charge in [-0.05, 0) is 18.4 Å². The van der Waals surface area contributed by atoms with Crippen LogP contribution in [0, 0.1) is 5.92 Å². The van der Waals surface area contributed by atoms with Crippen molar-refractivity contribution >= 4 is 0 Å². The van der Waals surface area contributed by atoms with Gasteiger partial charge in [0.1, 0.15) is 0 Å². The second kappa shape index (κ2) is 2.12. The van der Waals surface area contributed by atoms with Crippen LogP contribution in [-0.4, -0.2) is 16.0 Å². The standard InChI is InChI=1S/C7H12O2/c1-6-2-4-7(8,9)5-3-6/h2,4,6,8-9H,3,5H2,1H3/t6-/m0/s1. The summed E-state index contributed by atoms with van der Waals surface area (Å²) in [7, 11) is 0. The first-order valence-corrected chi connectivity index (χ1v) is 3.24. The molecule has 1 rings (SSSR count). The first kappa shape index (κ1) is 6.78. The van der Waals surface area contributed by atoms with Gasteiger partial charge in [0.2, 0.25) is 0 Å². The van der Waals surface area contributed by atoms with Crippen LogP contribution in [0.15, 0.2) is 12.2 Å². The van der Waals surface area contributed by atoms with Gasteiger partial charge in [0.15, 0.2) is 5.79 Å². The molecular formula is C7H12O2. The molecule has 0 fully saturated rings. The Kier molecular flexibility index (Phi) is 1.60. The molecule has 2 heteroatoms. The molecule has 0 radical (unpaired) electrons. The molecule has 2 nitrogen and oxygen atoms in total. The Hall–Kier alpha value is -0.340. The van der Waals surface area contributed by atoms with E-state index in [-0.39, 0.29) is 0 Å². The van der Waals surface area contributed by atoms with Crippen LogP contribution >= 0.6 is 0 Å². The van der Waals surface area contributed by atoms with Crippen LogP contribution < -0.4 is 0 Å². The molecule has 0 heterocycles. The fourth-order valence-corrected chi connectivity index (χ4v) is 0.938. The zero-order valence-electron chi connectivity index (χ0n) is 5.54. The smallest absolute Gasteiger partial charge is 0.182 e. The SMILES string of the molecule is C[C@H]1C=CC(O)(O)CC1. The number of allylic oxidation sites excluding steroid dienone is 1. The van der Waals surface area contributed by atoms with Crippen molar-refractivity contribution in [3.63, 3.8) is 0 Å². The van der Waals surface area contributed by atoms with E-state index in [1.807, 2.05) is 6.08 Å². The minimum Gasteiger partial charge on any atom is -0.362 e. The van der Waals surface area contributed by atoms with Crippen molar-refractivity contribution in [2.75, 3.05) is 0 Å². The van der Waals surface area contributed by atoms with Gasteiger partial charge in [0.25, 0.3) is 0 Å². The van der Waals surface area contributed by atoms with Gasteiger partial charge in [-0.3, -0.25) is 0 Å². The molecule has 9 heavy (non-hydrogen) atoms. The summed E-state index contributed by atoms with van der Waals surface area (Å²) in [6, 6.07) is 0.